The third-order valence-corrected chi connectivity index (χ3v) is 3.38. The van der Waals surface area contributed by atoms with Gasteiger partial charge in [0, 0.05) is 31.5 Å². The number of aliphatic hydroxyl groups excluding tert-OH is 1. The number of amides is 1. The standard InChI is InChI=1S/C13H18N2O3/c1-9(17)11-5-12(14-6-11)13(18)15-4-2-3-10(7-15)8-16/h5-6,10,14,16H,2-4,7-8H2,1H3/t10-/m0/s1. The van der Waals surface area contributed by atoms with Crippen LogP contribution in [0.25, 0.3) is 0 Å². The molecule has 1 aliphatic rings. The summed E-state index contributed by atoms with van der Waals surface area (Å²) in [5.74, 6) is 0.0165. The van der Waals surface area contributed by atoms with E-state index in [2.05, 4.69) is 4.98 Å². The van der Waals surface area contributed by atoms with Crippen molar-refractivity contribution >= 4 is 11.7 Å². The molecule has 0 radical (unpaired) electrons. The van der Waals surface area contributed by atoms with Gasteiger partial charge in [0.25, 0.3) is 5.91 Å². The number of aromatic nitrogens is 1. The number of nitrogens with one attached hydrogen (secondary N) is 1. The molecule has 0 aromatic carbocycles. The number of Topliss-reactive ketones (excluding diaryl/α,β-unsaturated/α-hetero) is 1. The van der Waals surface area contributed by atoms with Crippen LogP contribution in [0.3, 0.4) is 0 Å². The van der Waals surface area contributed by atoms with Crippen LogP contribution >= 0.6 is 0 Å². The van der Waals surface area contributed by atoms with Crippen molar-refractivity contribution in [1.29, 1.82) is 0 Å². The fourth-order valence-corrected chi connectivity index (χ4v) is 2.29. The first-order valence-corrected chi connectivity index (χ1v) is 6.21. The van der Waals surface area contributed by atoms with Gasteiger partial charge in [0.1, 0.15) is 5.69 Å². The molecule has 0 spiro atoms. The van der Waals surface area contributed by atoms with Crippen LogP contribution in [-0.4, -0.2) is 46.4 Å². The quantitative estimate of drug-likeness (QED) is 0.788. The van der Waals surface area contributed by atoms with E-state index in [4.69, 9.17) is 5.11 Å². The Morgan fingerprint density at radius 3 is 2.94 bits per heavy atom. The summed E-state index contributed by atoms with van der Waals surface area (Å²) in [6, 6.07) is 1.59. The number of aromatic amines is 1. The molecule has 1 saturated heterocycles. The SMILES string of the molecule is CC(=O)c1c[nH]c(C(=O)N2CCC[C@H](CO)C2)c1. The molecule has 0 unspecified atom stereocenters. The Labute approximate surface area is 106 Å². The number of piperidine rings is 1. The Morgan fingerprint density at radius 1 is 1.56 bits per heavy atom. The molecular formula is C13H18N2O3. The Morgan fingerprint density at radius 2 is 2.33 bits per heavy atom. The number of nitrogens with zero attached hydrogens (tertiary/aromatic N) is 1. The van der Waals surface area contributed by atoms with Gasteiger partial charge in [-0.25, -0.2) is 0 Å². The normalized spacial score (nSPS) is 19.9. The molecule has 1 aromatic heterocycles. The topological polar surface area (TPSA) is 73.4 Å². The minimum atomic E-state index is -0.0966. The average Bonchev–Trinajstić information content (AvgIpc) is 2.87. The summed E-state index contributed by atoms with van der Waals surface area (Å²) in [7, 11) is 0. The zero-order valence-electron chi connectivity index (χ0n) is 10.5. The van der Waals surface area contributed by atoms with Gasteiger partial charge in [0.05, 0.1) is 0 Å². The van der Waals surface area contributed by atoms with E-state index >= 15 is 0 Å². The van der Waals surface area contributed by atoms with Crippen LogP contribution in [0.15, 0.2) is 12.3 Å². The summed E-state index contributed by atoms with van der Waals surface area (Å²) in [4.78, 5) is 28.0. The van der Waals surface area contributed by atoms with E-state index in [1.54, 1.807) is 17.2 Å². The smallest absolute Gasteiger partial charge is 0.270 e. The monoisotopic (exact) mass is 250 g/mol. The number of H-pyrrole nitrogens is 1. The van der Waals surface area contributed by atoms with Crippen LogP contribution in [-0.2, 0) is 0 Å². The maximum absolute atomic E-state index is 12.2. The lowest BCUT2D eigenvalue weighted by Gasteiger charge is -2.31. The van der Waals surface area contributed by atoms with Gasteiger partial charge < -0.3 is 15.0 Å². The molecule has 0 bridgehead atoms. The molecule has 5 heteroatoms. The van der Waals surface area contributed by atoms with E-state index in [9.17, 15) is 9.59 Å². The van der Waals surface area contributed by atoms with Gasteiger partial charge >= 0.3 is 0 Å². The summed E-state index contributed by atoms with van der Waals surface area (Å²) >= 11 is 0. The fourth-order valence-electron chi connectivity index (χ4n) is 2.29. The summed E-state index contributed by atoms with van der Waals surface area (Å²) < 4.78 is 0. The van der Waals surface area contributed by atoms with Gasteiger partial charge in [0.15, 0.2) is 5.78 Å². The highest BCUT2D eigenvalue weighted by molar-refractivity contribution is 5.99. The first-order chi connectivity index (χ1) is 8.61. The summed E-state index contributed by atoms with van der Waals surface area (Å²) in [5.41, 5.74) is 0.966. The van der Waals surface area contributed by atoms with Crippen molar-refractivity contribution in [2.24, 2.45) is 5.92 Å². The van der Waals surface area contributed by atoms with E-state index in [-0.39, 0.29) is 24.2 Å². The third-order valence-electron chi connectivity index (χ3n) is 3.38. The molecule has 2 heterocycles. The maximum Gasteiger partial charge on any atom is 0.270 e. The second-order valence-corrected chi connectivity index (χ2v) is 4.80. The Balaban J connectivity index is 2.07. The molecule has 98 valence electrons. The maximum atomic E-state index is 12.2. The van der Waals surface area contributed by atoms with Crippen molar-refractivity contribution in [2.45, 2.75) is 19.8 Å². The number of likely N-dealkylation sites (tertiary alicyclic amines) is 1. The van der Waals surface area contributed by atoms with Gasteiger partial charge in [-0.15, -0.1) is 0 Å². The van der Waals surface area contributed by atoms with Crippen molar-refractivity contribution in [1.82, 2.24) is 9.88 Å². The highest BCUT2D eigenvalue weighted by Crippen LogP contribution is 2.18. The van der Waals surface area contributed by atoms with Crippen LogP contribution in [0.1, 0.15) is 40.6 Å². The molecular weight excluding hydrogens is 232 g/mol. The van der Waals surface area contributed by atoms with Gasteiger partial charge in [-0.1, -0.05) is 0 Å². The van der Waals surface area contributed by atoms with Crippen LogP contribution in [0.2, 0.25) is 0 Å². The van der Waals surface area contributed by atoms with E-state index < -0.39 is 0 Å². The van der Waals surface area contributed by atoms with Gasteiger partial charge in [-0.2, -0.15) is 0 Å². The van der Waals surface area contributed by atoms with Crippen LogP contribution in [0, 0.1) is 5.92 Å². The molecule has 1 amide bonds. The lowest BCUT2D eigenvalue weighted by molar-refractivity contribution is 0.0615. The summed E-state index contributed by atoms with van der Waals surface area (Å²) in [5, 5.41) is 9.15. The number of hydrogen-bond acceptors (Lipinski definition) is 3. The zero-order valence-corrected chi connectivity index (χ0v) is 10.5. The van der Waals surface area contributed by atoms with Crippen molar-refractivity contribution in [3.63, 3.8) is 0 Å². The lowest BCUT2D eigenvalue weighted by Crippen LogP contribution is -2.41. The zero-order chi connectivity index (χ0) is 13.1. The molecule has 0 aliphatic carbocycles. The fraction of sp³-hybridized carbons (Fsp3) is 0.538. The predicted molar refractivity (Wildman–Crippen MR) is 66.5 cm³/mol. The van der Waals surface area contributed by atoms with Gasteiger partial charge in [-0.05, 0) is 31.7 Å². The Kier molecular flexibility index (Phi) is 3.81. The van der Waals surface area contributed by atoms with E-state index in [1.807, 2.05) is 0 Å². The highest BCUT2D eigenvalue weighted by Gasteiger charge is 2.24. The number of rotatable bonds is 3. The first kappa shape index (κ1) is 12.8. The summed E-state index contributed by atoms with van der Waals surface area (Å²) in [6.07, 6.45) is 3.43. The van der Waals surface area contributed by atoms with E-state index in [0.29, 0.717) is 24.3 Å². The molecule has 2 rings (SSSR count). The second-order valence-electron chi connectivity index (χ2n) is 4.80. The Hall–Kier alpha value is -1.62. The average molecular weight is 250 g/mol. The third kappa shape index (κ3) is 2.61. The molecule has 18 heavy (non-hydrogen) atoms. The van der Waals surface area contributed by atoms with E-state index in [1.165, 1.54) is 6.92 Å². The second kappa shape index (κ2) is 5.35. The number of carbonyl (C=O) groups excluding carboxylic acids is 2. The lowest BCUT2D eigenvalue weighted by atomic mass is 9.99. The van der Waals surface area contributed by atoms with E-state index in [0.717, 1.165) is 12.8 Å². The minimum absolute atomic E-state index is 0.0582. The largest absolute Gasteiger partial charge is 0.396 e. The van der Waals surface area contributed by atoms with Crippen LogP contribution < -0.4 is 0 Å². The Bertz CT molecular complexity index is 453. The number of carbonyl (C=O) groups is 2. The molecule has 1 aliphatic heterocycles. The first-order valence-electron chi connectivity index (χ1n) is 6.21. The molecule has 5 nitrogen and oxygen atoms in total. The summed E-state index contributed by atoms with van der Waals surface area (Å²) in [6.45, 7) is 2.89. The molecule has 1 fully saturated rings. The highest BCUT2D eigenvalue weighted by atomic mass is 16.3. The van der Waals surface area contributed by atoms with Crippen molar-refractivity contribution in [3.8, 4) is 0 Å². The van der Waals surface area contributed by atoms with Gasteiger partial charge in [0.2, 0.25) is 0 Å². The molecule has 1 aromatic rings. The van der Waals surface area contributed by atoms with Crippen LogP contribution in [0.4, 0.5) is 0 Å². The number of hydrogen-bond donors (Lipinski definition) is 2. The number of ketones is 1. The number of aliphatic hydroxyl groups is 1. The minimum Gasteiger partial charge on any atom is -0.396 e. The van der Waals surface area contributed by atoms with Crippen molar-refractivity contribution in [2.75, 3.05) is 19.7 Å². The van der Waals surface area contributed by atoms with Crippen molar-refractivity contribution in [3.05, 3.63) is 23.5 Å². The van der Waals surface area contributed by atoms with Gasteiger partial charge in [-0.3, -0.25) is 9.59 Å². The molecule has 0 saturated carbocycles. The van der Waals surface area contributed by atoms with Crippen molar-refractivity contribution < 1.29 is 14.7 Å². The molecule has 2 N–H and O–H groups in total. The predicted octanol–water partition coefficient (Wildman–Crippen LogP) is 1.06. The molecule has 1 atom stereocenters. The van der Waals surface area contributed by atoms with Crippen LogP contribution in [0.5, 0.6) is 0 Å².